The van der Waals surface area contributed by atoms with Crippen LogP contribution in [-0.2, 0) is 4.79 Å². The first-order valence-electron chi connectivity index (χ1n) is 5.65. The van der Waals surface area contributed by atoms with Crippen LogP contribution in [0, 0.1) is 0 Å². The molecule has 17 heavy (non-hydrogen) atoms. The molecule has 0 aromatic carbocycles. The molecule has 0 unspecified atom stereocenters. The van der Waals surface area contributed by atoms with E-state index in [0.29, 0.717) is 18.3 Å². The van der Waals surface area contributed by atoms with Crippen LogP contribution in [0.15, 0.2) is 12.3 Å². The van der Waals surface area contributed by atoms with E-state index < -0.39 is 0 Å². The minimum Gasteiger partial charge on any atom is -0.384 e. The zero-order chi connectivity index (χ0) is 12.8. The van der Waals surface area contributed by atoms with E-state index >= 15 is 0 Å². The zero-order valence-electron chi connectivity index (χ0n) is 10.5. The highest BCUT2D eigenvalue weighted by atomic mass is 16.2. The molecular weight excluding hydrogens is 218 g/mol. The van der Waals surface area contributed by atoms with Gasteiger partial charge in [0.2, 0.25) is 11.9 Å². The molecule has 6 nitrogen and oxygen atoms in total. The topological polar surface area (TPSA) is 84.1 Å². The molecule has 1 aromatic rings. The Morgan fingerprint density at radius 2 is 2.29 bits per heavy atom. The Morgan fingerprint density at radius 3 is 2.82 bits per heavy atom. The quantitative estimate of drug-likeness (QED) is 0.775. The average Bonchev–Trinajstić information content (AvgIpc) is 2.24. The molecule has 0 aliphatic heterocycles. The second-order valence-corrected chi connectivity index (χ2v) is 4.02. The summed E-state index contributed by atoms with van der Waals surface area (Å²) in [4.78, 5) is 21.6. The Labute approximate surface area is 101 Å². The van der Waals surface area contributed by atoms with E-state index in [4.69, 9.17) is 5.73 Å². The smallest absolute Gasteiger partial charge is 0.239 e. The van der Waals surface area contributed by atoms with Crippen molar-refractivity contribution in [2.75, 3.05) is 23.7 Å². The largest absolute Gasteiger partial charge is 0.384 e. The third-order valence-corrected chi connectivity index (χ3v) is 2.11. The summed E-state index contributed by atoms with van der Waals surface area (Å²) in [6, 6.07) is 1.74. The van der Waals surface area contributed by atoms with E-state index in [9.17, 15) is 4.79 Å². The molecule has 1 rings (SSSR count). The number of carbonyl (C=O) groups excluding carboxylic acids is 1. The van der Waals surface area contributed by atoms with Crippen molar-refractivity contribution in [3.8, 4) is 0 Å². The van der Waals surface area contributed by atoms with Gasteiger partial charge in [-0.2, -0.15) is 4.98 Å². The molecule has 0 aliphatic carbocycles. The van der Waals surface area contributed by atoms with Crippen LogP contribution in [0.1, 0.15) is 20.8 Å². The van der Waals surface area contributed by atoms with Gasteiger partial charge in [0.15, 0.2) is 0 Å². The summed E-state index contributed by atoms with van der Waals surface area (Å²) >= 11 is 0. The van der Waals surface area contributed by atoms with Gasteiger partial charge in [-0.3, -0.25) is 4.79 Å². The van der Waals surface area contributed by atoms with Gasteiger partial charge in [0.25, 0.3) is 0 Å². The predicted molar refractivity (Wildman–Crippen MR) is 67.6 cm³/mol. The zero-order valence-corrected chi connectivity index (χ0v) is 10.5. The molecule has 0 radical (unpaired) electrons. The molecule has 0 saturated carbocycles. The minimum atomic E-state index is -0.0483. The summed E-state index contributed by atoms with van der Waals surface area (Å²) in [5.41, 5.74) is 5.58. The summed E-state index contributed by atoms with van der Waals surface area (Å²) < 4.78 is 0. The van der Waals surface area contributed by atoms with Crippen LogP contribution >= 0.6 is 0 Å². The van der Waals surface area contributed by atoms with Crippen LogP contribution in [0.2, 0.25) is 0 Å². The lowest BCUT2D eigenvalue weighted by Crippen LogP contribution is -2.40. The SMILES string of the molecule is CCN(CC(=O)NC(C)C)c1nccc(N)n1. The van der Waals surface area contributed by atoms with Gasteiger partial charge in [0, 0.05) is 18.8 Å². The number of nitrogens with zero attached hydrogens (tertiary/aromatic N) is 3. The molecule has 0 spiro atoms. The predicted octanol–water partition coefficient (Wildman–Crippen LogP) is 0.410. The van der Waals surface area contributed by atoms with Crippen molar-refractivity contribution in [2.45, 2.75) is 26.8 Å². The van der Waals surface area contributed by atoms with E-state index in [-0.39, 0.29) is 18.5 Å². The van der Waals surface area contributed by atoms with E-state index in [1.165, 1.54) is 0 Å². The van der Waals surface area contributed by atoms with Crippen LogP contribution in [0.5, 0.6) is 0 Å². The molecule has 0 atom stereocenters. The standard InChI is InChI=1S/C11H19N5O/c1-4-16(7-10(17)14-8(2)3)11-13-6-5-9(12)15-11/h5-6,8H,4,7H2,1-3H3,(H,14,17)(H2,12,13,15). The fourth-order valence-corrected chi connectivity index (χ4v) is 1.38. The van der Waals surface area contributed by atoms with E-state index in [1.807, 2.05) is 20.8 Å². The number of likely N-dealkylation sites (N-methyl/N-ethyl adjacent to an activating group) is 1. The van der Waals surface area contributed by atoms with Gasteiger partial charge in [-0.25, -0.2) is 4.98 Å². The van der Waals surface area contributed by atoms with Crippen molar-refractivity contribution in [2.24, 2.45) is 0 Å². The Bertz CT molecular complexity index is 380. The Balaban J connectivity index is 2.69. The Hall–Kier alpha value is -1.85. The lowest BCUT2D eigenvalue weighted by Gasteiger charge is -2.20. The number of aromatic nitrogens is 2. The molecule has 3 N–H and O–H groups in total. The number of anilines is 2. The molecule has 94 valence electrons. The first-order chi connectivity index (χ1) is 8.02. The first-order valence-corrected chi connectivity index (χ1v) is 5.65. The number of hydrogen-bond donors (Lipinski definition) is 2. The number of nitrogens with one attached hydrogen (secondary N) is 1. The molecule has 0 fully saturated rings. The van der Waals surface area contributed by atoms with Gasteiger partial charge in [-0.05, 0) is 26.8 Å². The maximum atomic E-state index is 11.6. The fourth-order valence-electron chi connectivity index (χ4n) is 1.38. The third kappa shape index (κ3) is 4.26. The third-order valence-electron chi connectivity index (χ3n) is 2.11. The van der Waals surface area contributed by atoms with Crippen LogP contribution in [0.25, 0.3) is 0 Å². The normalized spacial score (nSPS) is 10.4. The van der Waals surface area contributed by atoms with Gasteiger partial charge in [0.05, 0.1) is 6.54 Å². The summed E-state index contributed by atoms with van der Waals surface area (Å²) in [6.07, 6.45) is 1.58. The second-order valence-electron chi connectivity index (χ2n) is 4.02. The lowest BCUT2D eigenvalue weighted by atomic mass is 10.4. The molecule has 1 heterocycles. The van der Waals surface area contributed by atoms with Crippen molar-refractivity contribution in [3.63, 3.8) is 0 Å². The number of carbonyl (C=O) groups is 1. The number of rotatable bonds is 5. The van der Waals surface area contributed by atoms with Crippen molar-refractivity contribution < 1.29 is 4.79 Å². The average molecular weight is 237 g/mol. The van der Waals surface area contributed by atoms with Crippen LogP contribution in [-0.4, -0.2) is 35.0 Å². The van der Waals surface area contributed by atoms with Gasteiger partial charge in [0.1, 0.15) is 5.82 Å². The maximum Gasteiger partial charge on any atom is 0.239 e. The summed E-state index contributed by atoms with van der Waals surface area (Å²) in [5, 5.41) is 2.82. The molecule has 0 saturated heterocycles. The lowest BCUT2D eigenvalue weighted by molar-refractivity contribution is -0.120. The molecule has 0 bridgehead atoms. The number of nitrogens with two attached hydrogens (primary N) is 1. The van der Waals surface area contributed by atoms with Crippen molar-refractivity contribution in [1.29, 1.82) is 0 Å². The highest BCUT2D eigenvalue weighted by Gasteiger charge is 2.12. The molecular formula is C11H19N5O. The second kappa shape index (κ2) is 6.03. The molecule has 0 aliphatic rings. The Morgan fingerprint density at radius 1 is 1.59 bits per heavy atom. The summed E-state index contributed by atoms with van der Waals surface area (Å²) in [7, 11) is 0. The highest BCUT2D eigenvalue weighted by molar-refractivity contribution is 5.80. The summed E-state index contributed by atoms with van der Waals surface area (Å²) in [5.74, 6) is 0.831. The van der Waals surface area contributed by atoms with Crippen LogP contribution in [0.3, 0.4) is 0 Å². The number of amides is 1. The van der Waals surface area contributed by atoms with Gasteiger partial charge >= 0.3 is 0 Å². The number of nitrogen functional groups attached to an aromatic ring is 1. The van der Waals surface area contributed by atoms with E-state index in [2.05, 4.69) is 15.3 Å². The van der Waals surface area contributed by atoms with E-state index in [0.717, 1.165) is 0 Å². The minimum absolute atomic E-state index is 0.0483. The van der Waals surface area contributed by atoms with Crippen molar-refractivity contribution >= 4 is 17.7 Å². The molecule has 1 aromatic heterocycles. The van der Waals surface area contributed by atoms with Crippen molar-refractivity contribution in [3.05, 3.63) is 12.3 Å². The monoisotopic (exact) mass is 237 g/mol. The van der Waals surface area contributed by atoms with Gasteiger partial charge < -0.3 is 16.0 Å². The van der Waals surface area contributed by atoms with Crippen LogP contribution < -0.4 is 16.0 Å². The maximum absolute atomic E-state index is 11.6. The summed E-state index contributed by atoms with van der Waals surface area (Å²) in [6.45, 7) is 6.67. The van der Waals surface area contributed by atoms with Gasteiger partial charge in [-0.1, -0.05) is 0 Å². The Kier molecular flexibility index (Phi) is 4.68. The van der Waals surface area contributed by atoms with E-state index in [1.54, 1.807) is 17.2 Å². The first kappa shape index (κ1) is 13.2. The van der Waals surface area contributed by atoms with Crippen LogP contribution in [0.4, 0.5) is 11.8 Å². The molecule has 1 amide bonds. The molecule has 6 heteroatoms. The highest BCUT2D eigenvalue weighted by Crippen LogP contribution is 2.07. The van der Waals surface area contributed by atoms with Crippen molar-refractivity contribution in [1.82, 2.24) is 15.3 Å². The number of hydrogen-bond acceptors (Lipinski definition) is 5. The van der Waals surface area contributed by atoms with Gasteiger partial charge in [-0.15, -0.1) is 0 Å². The fraction of sp³-hybridized carbons (Fsp3) is 0.545.